The summed E-state index contributed by atoms with van der Waals surface area (Å²) in [6.07, 6.45) is 1.04. The molecule has 0 heterocycles. The third-order valence-electron chi connectivity index (χ3n) is 4.33. The fourth-order valence-corrected chi connectivity index (χ4v) is 3.26. The van der Waals surface area contributed by atoms with E-state index >= 15 is 0 Å². The minimum atomic E-state index is -1.03. The number of hydrogen-bond acceptors (Lipinski definition) is 4. The molecule has 24 heavy (non-hydrogen) atoms. The van der Waals surface area contributed by atoms with Crippen molar-refractivity contribution in [2.75, 3.05) is 6.54 Å². The maximum Gasteiger partial charge on any atom is 0.235 e. The first-order valence-electron chi connectivity index (χ1n) is 7.70. The zero-order valence-electron chi connectivity index (χ0n) is 13.4. The molecular weight excluding hydrogens is 302 g/mol. The van der Waals surface area contributed by atoms with Crippen LogP contribution in [0.4, 0.5) is 0 Å². The number of allylic oxidation sites excluding steroid dienone is 1. The second-order valence-corrected chi connectivity index (χ2v) is 5.94. The number of carbonyl (C=O) groups is 1. The molecule has 0 aromatic heterocycles. The first-order valence-corrected chi connectivity index (χ1v) is 7.70. The SMILES string of the molecule is C=C(C)C(=O)c1ccc2c(c1C(O)CN=C=O)Cc1ccccc1-2. The summed E-state index contributed by atoms with van der Waals surface area (Å²) in [5.41, 5.74) is 5.54. The summed E-state index contributed by atoms with van der Waals surface area (Å²) < 4.78 is 0. The van der Waals surface area contributed by atoms with Gasteiger partial charge < -0.3 is 5.11 Å². The van der Waals surface area contributed by atoms with Gasteiger partial charge in [-0.25, -0.2) is 9.79 Å². The fraction of sp³-hybridized carbons (Fsp3) is 0.200. The minimum absolute atomic E-state index is 0.118. The summed E-state index contributed by atoms with van der Waals surface area (Å²) in [5, 5.41) is 10.6. The molecule has 1 aliphatic carbocycles. The average Bonchev–Trinajstić information content (AvgIpc) is 2.96. The largest absolute Gasteiger partial charge is 0.386 e. The molecule has 4 heteroatoms. The van der Waals surface area contributed by atoms with Gasteiger partial charge in [0.25, 0.3) is 0 Å². The van der Waals surface area contributed by atoms with Crippen LogP contribution in [0, 0.1) is 0 Å². The van der Waals surface area contributed by atoms with Gasteiger partial charge in [0.2, 0.25) is 6.08 Å². The van der Waals surface area contributed by atoms with Crippen LogP contribution in [0.25, 0.3) is 11.1 Å². The summed E-state index contributed by atoms with van der Waals surface area (Å²) in [6.45, 7) is 5.23. The van der Waals surface area contributed by atoms with Gasteiger partial charge >= 0.3 is 0 Å². The summed E-state index contributed by atoms with van der Waals surface area (Å²) in [6, 6.07) is 11.6. The molecule has 0 aliphatic heterocycles. The van der Waals surface area contributed by atoms with E-state index < -0.39 is 6.10 Å². The molecule has 4 nitrogen and oxygen atoms in total. The lowest BCUT2D eigenvalue weighted by molar-refractivity contribution is 0.102. The van der Waals surface area contributed by atoms with Crippen LogP contribution in [0.15, 0.2) is 53.5 Å². The number of fused-ring (bicyclic) bond motifs is 3. The average molecular weight is 319 g/mol. The topological polar surface area (TPSA) is 66.7 Å². The first-order chi connectivity index (χ1) is 11.5. The molecule has 0 amide bonds. The van der Waals surface area contributed by atoms with Crippen molar-refractivity contribution in [1.29, 1.82) is 0 Å². The maximum atomic E-state index is 12.5. The van der Waals surface area contributed by atoms with E-state index in [9.17, 15) is 14.7 Å². The molecular formula is C20H17NO3. The van der Waals surface area contributed by atoms with Gasteiger partial charge in [-0.15, -0.1) is 0 Å². The van der Waals surface area contributed by atoms with Gasteiger partial charge in [-0.1, -0.05) is 43.0 Å². The standard InChI is InChI=1S/C20H17NO3/c1-12(2)20(24)16-8-7-15-14-6-4-3-5-13(14)9-17(15)19(16)18(23)10-21-11-22/h3-8,18,23H,1,9-10H2,2H3. The Labute approximate surface area is 140 Å². The Morgan fingerprint density at radius 2 is 2.04 bits per heavy atom. The van der Waals surface area contributed by atoms with Gasteiger partial charge in [0.1, 0.15) is 6.10 Å². The molecule has 1 atom stereocenters. The number of nitrogens with zero attached hydrogens (tertiary/aromatic N) is 1. The predicted octanol–water partition coefficient (Wildman–Crippen LogP) is 3.39. The molecule has 0 saturated heterocycles. The van der Waals surface area contributed by atoms with Crippen molar-refractivity contribution >= 4 is 11.9 Å². The Morgan fingerprint density at radius 3 is 2.75 bits per heavy atom. The van der Waals surface area contributed by atoms with Crippen LogP contribution < -0.4 is 0 Å². The number of hydrogen-bond donors (Lipinski definition) is 1. The smallest absolute Gasteiger partial charge is 0.235 e. The Bertz CT molecular complexity index is 892. The van der Waals surface area contributed by atoms with Gasteiger partial charge in [-0.3, -0.25) is 4.79 Å². The first kappa shape index (κ1) is 16.1. The molecule has 2 aromatic carbocycles. The second kappa shape index (κ2) is 6.36. The molecule has 1 N–H and O–H groups in total. The van der Waals surface area contributed by atoms with E-state index in [1.807, 2.05) is 30.3 Å². The van der Waals surface area contributed by atoms with Crippen LogP contribution in [0.5, 0.6) is 0 Å². The van der Waals surface area contributed by atoms with Gasteiger partial charge in [0, 0.05) is 5.56 Å². The van der Waals surface area contributed by atoms with Crippen LogP contribution in [0.2, 0.25) is 0 Å². The van der Waals surface area contributed by atoms with Crippen LogP contribution in [0.3, 0.4) is 0 Å². The van der Waals surface area contributed by atoms with Crippen molar-refractivity contribution in [1.82, 2.24) is 0 Å². The van der Waals surface area contributed by atoms with Crippen molar-refractivity contribution in [3.05, 3.63) is 70.8 Å². The van der Waals surface area contributed by atoms with Gasteiger partial charge in [0.05, 0.1) is 6.54 Å². The molecule has 0 fully saturated rings. The molecule has 2 aromatic rings. The van der Waals surface area contributed by atoms with E-state index in [1.165, 1.54) is 6.08 Å². The van der Waals surface area contributed by atoms with E-state index in [2.05, 4.69) is 11.6 Å². The van der Waals surface area contributed by atoms with E-state index in [4.69, 9.17) is 0 Å². The highest BCUT2D eigenvalue weighted by molar-refractivity contribution is 6.09. The Hall–Kier alpha value is -2.81. The Morgan fingerprint density at radius 1 is 1.29 bits per heavy atom. The lowest BCUT2D eigenvalue weighted by Crippen LogP contribution is -2.13. The van der Waals surface area contributed by atoms with Crippen LogP contribution >= 0.6 is 0 Å². The minimum Gasteiger partial charge on any atom is -0.386 e. The highest BCUT2D eigenvalue weighted by Crippen LogP contribution is 2.41. The lowest BCUT2D eigenvalue weighted by atomic mass is 9.89. The molecule has 0 saturated carbocycles. The number of rotatable bonds is 5. The fourth-order valence-electron chi connectivity index (χ4n) is 3.26. The van der Waals surface area contributed by atoms with Crippen LogP contribution in [0.1, 0.15) is 40.1 Å². The number of aliphatic hydroxyl groups excluding tert-OH is 1. The molecule has 3 rings (SSSR count). The van der Waals surface area contributed by atoms with Crippen LogP contribution in [-0.2, 0) is 11.2 Å². The highest BCUT2D eigenvalue weighted by Gasteiger charge is 2.28. The van der Waals surface area contributed by atoms with E-state index in [0.717, 1.165) is 22.3 Å². The third kappa shape index (κ3) is 2.62. The Balaban J connectivity index is 2.20. The molecule has 1 aliphatic rings. The number of benzene rings is 2. The zero-order valence-corrected chi connectivity index (χ0v) is 13.4. The number of isocyanates is 1. The highest BCUT2D eigenvalue weighted by atomic mass is 16.3. The molecule has 0 radical (unpaired) electrons. The summed E-state index contributed by atoms with van der Waals surface area (Å²) >= 11 is 0. The second-order valence-electron chi connectivity index (χ2n) is 5.94. The summed E-state index contributed by atoms with van der Waals surface area (Å²) in [7, 11) is 0. The molecule has 120 valence electrons. The number of aliphatic imine (C=N–C) groups is 1. The van der Waals surface area contributed by atoms with Crippen LogP contribution in [-0.4, -0.2) is 23.5 Å². The number of aliphatic hydroxyl groups is 1. The summed E-state index contributed by atoms with van der Waals surface area (Å²) in [4.78, 5) is 26.4. The van der Waals surface area contributed by atoms with E-state index in [-0.39, 0.29) is 12.3 Å². The maximum absolute atomic E-state index is 12.5. The number of ketones is 1. The third-order valence-corrected chi connectivity index (χ3v) is 4.33. The van der Waals surface area contributed by atoms with Crippen molar-refractivity contribution < 1.29 is 14.7 Å². The zero-order chi connectivity index (χ0) is 17.3. The lowest BCUT2D eigenvalue weighted by Gasteiger charge is -2.18. The van der Waals surface area contributed by atoms with Gasteiger partial charge in [-0.05, 0) is 46.7 Å². The van der Waals surface area contributed by atoms with E-state index in [0.29, 0.717) is 23.1 Å². The normalized spacial score (nSPS) is 12.8. The van der Waals surface area contributed by atoms with Gasteiger partial charge in [0.15, 0.2) is 5.78 Å². The predicted molar refractivity (Wildman–Crippen MR) is 91.8 cm³/mol. The number of carbonyl (C=O) groups excluding carboxylic acids is 2. The van der Waals surface area contributed by atoms with Crippen molar-refractivity contribution in [3.8, 4) is 11.1 Å². The number of Topliss-reactive ketones (excluding diaryl/α,β-unsaturated/α-hetero) is 1. The van der Waals surface area contributed by atoms with E-state index in [1.54, 1.807) is 13.0 Å². The quantitative estimate of drug-likeness (QED) is 0.339. The molecule has 1 unspecified atom stereocenters. The van der Waals surface area contributed by atoms with Crippen molar-refractivity contribution in [2.45, 2.75) is 19.4 Å². The van der Waals surface area contributed by atoms with Crippen molar-refractivity contribution in [2.24, 2.45) is 4.99 Å². The Kier molecular flexibility index (Phi) is 4.26. The molecule has 0 spiro atoms. The monoisotopic (exact) mass is 319 g/mol. The van der Waals surface area contributed by atoms with Gasteiger partial charge in [-0.2, -0.15) is 0 Å². The van der Waals surface area contributed by atoms with Crippen molar-refractivity contribution in [3.63, 3.8) is 0 Å². The molecule has 0 bridgehead atoms. The summed E-state index contributed by atoms with van der Waals surface area (Å²) in [5.74, 6) is -0.210.